The molecule has 1 aromatic rings. The number of hydrogen-bond acceptors (Lipinski definition) is 2. The highest BCUT2D eigenvalue weighted by Gasteiger charge is 2.03. The van der Waals surface area contributed by atoms with Gasteiger partial charge in [-0.05, 0) is 18.4 Å². The summed E-state index contributed by atoms with van der Waals surface area (Å²) in [5.74, 6) is 0. The fourth-order valence-corrected chi connectivity index (χ4v) is 1.31. The number of benzene rings is 1. The molecule has 3 heteroatoms. The van der Waals surface area contributed by atoms with Crippen LogP contribution in [-0.2, 0) is 6.42 Å². The number of nitriles is 1. The Balaban J connectivity index is 2.24. The quantitative estimate of drug-likeness (QED) is 0.796. The second kappa shape index (κ2) is 6.62. The van der Waals surface area contributed by atoms with Crippen LogP contribution in [-0.4, -0.2) is 12.7 Å². The Kier molecular flexibility index (Phi) is 5.07. The standard InChI is InChI=1S/C13H15FN2/c1-11(16-10-13(14)9-15)7-8-12-5-3-2-4-6-12/h2-6,13,16H,1,7-8,10H2. The summed E-state index contributed by atoms with van der Waals surface area (Å²) in [4.78, 5) is 0. The number of hydrogen-bond donors (Lipinski definition) is 1. The lowest BCUT2D eigenvalue weighted by atomic mass is 10.1. The van der Waals surface area contributed by atoms with Gasteiger partial charge in [0.15, 0.2) is 0 Å². The normalized spacial score (nSPS) is 11.5. The van der Waals surface area contributed by atoms with Crippen molar-refractivity contribution in [3.8, 4) is 6.07 Å². The first kappa shape index (κ1) is 12.3. The molecule has 84 valence electrons. The lowest BCUT2D eigenvalue weighted by Gasteiger charge is -2.09. The van der Waals surface area contributed by atoms with Gasteiger partial charge in [0.25, 0.3) is 0 Å². The van der Waals surface area contributed by atoms with Crippen LogP contribution in [0.15, 0.2) is 42.6 Å². The number of halogens is 1. The summed E-state index contributed by atoms with van der Waals surface area (Å²) in [5, 5.41) is 11.1. The summed E-state index contributed by atoms with van der Waals surface area (Å²) in [5.41, 5.74) is 1.99. The van der Waals surface area contributed by atoms with E-state index < -0.39 is 6.17 Å². The third kappa shape index (κ3) is 4.61. The molecule has 0 radical (unpaired) electrons. The third-order valence-electron chi connectivity index (χ3n) is 2.23. The van der Waals surface area contributed by atoms with E-state index in [1.807, 2.05) is 30.3 Å². The molecule has 0 aliphatic heterocycles. The first-order valence-corrected chi connectivity index (χ1v) is 5.21. The number of aryl methyl sites for hydroxylation is 1. The van der Waals surface area contributed by atoms with E-state index >= 15 is 0 Å². The summed E-state index contributed by atoms with van der Waals surface area (Å²) in [6.45, 7) is 3.81. The van der Waals surface area contributed by atoms with Crippen LogP contribution in [0, 0.1) is 11.3 Å². The highest BCUT2D eigenvalue weighted by Crippen LogP contribution is 2.05. The van der Waals surface area contributed by atoms with Gasteiger partial charge in [0, 0.05) is 5.70 Å². The van der Waals surface area contributed by atoms with Crippen molar-refractivity contribution in [3.63, 3.8) is 0 Å². The van der Waals surface area contributed by atoms with Crippen LogP contribution in [0.25, 0.3) is 0 Å². The zero-order chi connectivity index (χ0) is 11.8. The van der Waals surface area contributed by atoms with Gasteiger partial charge in [-0.25, -0.2) is 4.39 Å². The highest BCUT2D eigenvalue weighted by molar-refractivity contribution is 5.15. The maximum Gasteiger partial charge on any atom is 0.203 e. The first-order valence-electron chi connectivity index (χ1n) is 5.21. The Bertz CT molecular complexity index is 367. The minimum Gasteiger partial charge on any atom is -0.385 e. The molecule has 1 N–H and O–H groups in total. The molecular formula is C13H15FN2. The van der Waals surface area contributed by atoms with Crippen LogP contribution in [0.4, 0.5) is 4.39 Å². The largest absolute Gasteiger partial charge is 0.385 e. The maximum atomic E-state index is 12.6. The molecule has 0 spiro atoms. The van der Waals surface area contributed by atoms with Crippen molar-refractivity contribution in [1.82, 2.24) is 5.32 Å². The molecule has 0 bridgehead atoms. The average Bonchev–Trinajstić information content (AvgIpc) is 2.34. The van der Waals surface area contributed by atoms with Gasteiger partial charge in [-0.1, -0.05) is 36.9 Å². The van der Waals surface area contributed by atoms with Gasteiger partial charge < -0.3 is 5.32 Å². The minimum absolute atomic E-state index is 0.0180. The molecule has 0 fully saturated rings. The SMILES string of the molecule is C=C(CCc1ccccc1)NCC(F)C#N. The lowest BCUT2D eigenvalue weighted by Crippen LogP contribution is -2.22. The fraction of sp³-hybridized carbons (Fsp3) is 0.308. The van der Waals surface area contributed by atoms with Crippen molar-refractivity contribution >= 4 is 0 Å². The second-order valence-corrected chi connectivity index (χ2v) is 3.57. The number of nitrogens with one attached hydrogen (secondary N) is 1. The van der Waals surface area contributed by atoms with Crippen LogP contribution >= 0.6 is 0 Å². The maximum absolute atomic E-state index is 12.6. The molecule has 0 aliphatic carbocycles. The summed E-state index contributed by atoms with van der Waals surface area (Å²) in [6, 6.07) is 11.5. The molecule has 0 aromatic heterocycles. The summed E-state index contributed by atoms with van der Waals surface area (Å²) < 4.78 is 12.6. The summed E-state index contributed by atoms with van der Waals surface area (Å²) >= 11 is 0. The predicted molar refractivity (Wildman–Crippen MR) is 62.4 cm³/mol. The molecule has 0 heterocycles. The Morgan fingerprint density at radius 3 is 2.75 bits per heavy atom. The highest BCUT2D eigenvalue weighted by atomic mass is 19.1. The van der Waals surface area contributed by atoms with Crippen molar-refractivity contribution in [2.24, 2.45) is 0 Å². The first-order chi connectivity index (χ1) is 7.72. The topological polar surface area (TPSA) is 35.8 Å². The van der Waals surface area contributed by atoms with Crippen LogP contribution in [0.3, 0.4) is 0 Å². The summed E-state index contributed by atoms with van der Waals surface area (Å²) in [6.07, 6.45) is 0.159. The van der Waals surface area contributed by atoms with Gasteiger partial charge in [0.1, 0.15) is 6.07 Å². The van der Waals surface area contributed by atoms with E-state index in [0.29, 0.717) is 0 Å². The van der Waals surface area contributed by atoms with Crippen LogP contribution < -0.4 is 5.32 Å². The van der Waals surface area contributed by atoms with Crippen molar-refractivity contribution in [2.45, 2.75) is 19.0 Å². The van der Waals surface area contributed by atoms with Crippen molar-refractivity contribution in [3.05, 3.63) is 48.2 Å². The van der Waals surface area contributed by atoms with Gasteiger partial charge in [0.2, 0.25) is 6.17 Å². The predicted octanol–water partition coefficient (Wildman–Crippen LogP) is 2.58. The smallest absolute Gasteiger partial charge is 0.203 e. The molecule has 2 nitrogen and oxygen atoms in total. The van der Waals surface area contributed by atoms with E-state index in [-0.39, 0.29) is 6.54 Å². The van der Waals surface area contributed by atoms with Crippen LogP contribution in [0.1, 0.15) is 12.0 Å². The fourth-order valence-electron chi connectivity index (χ4n) is 1.31. The zero-order valence-electron chi connectivity index (χ0n) is 9.12. The van der Waals surface area contributed by atoms with E-state index in [9.17, 15) is 4.39 Å². The van der Waals surface area contributed by atoms with Crippen LogP contribution in [0.2, 0.25) is 0 Å². The molecule has 1 unspecified atom stereocenters. The van der Waals surface area contributed by atoms with Gasteiger partial charge >= 0.3 is 0 Å². The van der Waals surface area contributed by atoms with Gasteiger partial charge in [-0.15, -0.1) is 0 Å². The molecule has 0 aliphatic rings. The van der Waals surface area contributed by atoms with Crippen molar-refractivity contribution < 1.29 is 4.39 Å². The molecule has 1 atom stereocenters. The number of rotatable bonds is 6. The monoisotopic (exact) mass is 218 g/mol. The van der Waals surface area contributed by atoms with E-state index in [1.54, 1.807) is 0 Å². The molecule has 0 amide bonds. The number of alkyl halides is 1. The molecular weight excluding hydrogens is 203 g/mol. The van der Waals surface area contributed by atoms with E-state index in [2.05, 4.69) is 11.9 Å². The molecule has 0 saturated heterocycles. The third-order valence-corrected chi connectivity index (χ3v) is 2.23. The lowest BCUT2D eigenvalue weighted by molar-refractivity contribution is 0.397. The molecule has 0 saturated carbocycles. The van der Waals surface area contributed by atoms with Crippen molar-refractivity contribution in [2.75, 3.05) is 6.54 Å². The number of nitrogens with zero attached hydrogens (tertiary/aromatic N) is 1. The Hall–Kier alpha value is -1.82. The van der Waals surface area contributed by atoms with E-state index in [0.717, 1.165) is 18.5 Å². The minimum atomic E-state index is -1.46. The molecule has 16 heavy (non-hydrogen) atoms. The second-order valence-electron chi connectivity index (χ2n) is 3.57. The zero-order valence-corrected chi connectivity index (χ0v) is 9.12. The van der Waals surface area contributed by atoms with E-state index in [4.69, 9.17) is 5.26 Å². The number of allylic oxidation sites excluding steroid dienone is 1. The van der Waals surface area contributed by atoms with Gasteiger partial charge in [-0.3, -0.25) is 0 Å². The Morgan fingerprint density at radius 1 is 1.44 bits per heavy atom. The Morgan fingerprint density at radius 2 is 2.12 bits per heavy atom. The molecule has 1 rings (SSSR count). The average molecular weight is 218 g/mol. The van der Waals surface area contributed by atoms with Gasteiger partial charge in [-0.2, -0.15) is 5.26 Å². The van der Waals surface area contributed by atoms with Gasteiger partial charge in [0.05, 0.1) is 6.54 Å². The Labute approximate surface area is 95.4 Å². The van der Waals surface area contributed by atoms with Crippen LogP contribution in [0.5, 0.6) is 0 Å². The summed E-state index contributed by atoms with van der Waals surface area (Å²) in [7, 11) is 0. The van der Waals surface area contributed by atoms with Crippen molar-refractivity contribution in [1.29, 1.82) is 5.26 Å². The van der Waals surface area contributed by atoms with E-state index in [1.165, 1.54) is 11.6 Å². The molecule has 1 aromatic carbocycles.